The molecule has 9 nitrogen and oxygen atoms in total. The normalized spacial score (nSPS) is 11.2. The Morgan fingerprint density at radius 1 is 1.40 bits per heavy atom. The van der Waals surface area contributed by atoms with Gasteiger partial charge in [-0.05, 0) is 19.1 Å². The number of nitro groups is 1. The lowest BCUT2D eigenvalue weighted by molar-refractivity contribution is -0.383. The smallest absolute Gasteiger partial charge is 0.292 e. The summed E-state index contributed by atoms with van der Waals surface area (Å²) in [7, 11) is -3.95. The Bertz CT molecular complexity index is 768. The molecule has 0 unspecified atom stereocenters. The maximum Gasteiger partial charge on any atom is 0.292 e. The molecule has 0 atom stereocenters. The Balaban J connectivity index is 2.35. The second-order valence-corrected chi connectivity index (χ2v) is 5.60. The van der Waals surface area contributed by atoms with Crippen LogP contribution in [0.25, 0.3) is 0 Å². The predicted octanol–water partition coefficient (Wildman–Crippen LogP) is 1.27. The van der Waals surface area contributed by atoms with Gasteiger partial charge < -0.3 is 10.3 Å². The molecule has 0 spiro atoms. The maximum atomic E-state index is 12.0. The van der Waals surface area contributed by atoms with Crippen LogP contribution >= 0.6 is 0 Å². The highest BCUT2D eigenvalue weighted by Crippen LogP contribution is 2.25. The van der Waals surface area contributed by atoms with Gasteiger partial charge in [-0.3, -0.25) is 10.1 Å². The van der Waals surface area contributed by atoms with Gasteiger partial charge in [-0.25, -0.2) is 13.1 Å². The Morgan fingerprint density at radius 3 is 2.60 bits per heavy atom. The van der Waals surface area contributed by atoms with Gasteiger partial charge in [0.2, 0.25) is 5.88 Å². The van der Waals surface area contributed by atoms with E-state index in [-0.39, 0.29) is 22.2 Å². The van der Waals surface area contributed by atoms with Crippen LogP contribution in [-0.4, -0.2) is 18.5 Å². The van der Waals surface area contributed by atoms with E-state index < -0.39 is 14.9 Å². The Kier molecular flexibility index (Phi) is 3.32. The first-order chi connectivity index (χ1) is 9.29. The first kappa shape index (κ1) is 13.8. The fourth-order valence-electron chi connectivity index (χ4n) is 1.47. The quantitative estimate of drug-likeness (QED) is 0.491. The summed E-state index contributed by atoms with van der Waals surface area (Å²) in [6, 6.07) is 4.51. The highest BCUT2D eigenvalue weighted by atomic mass is 32.2. The molecule has 1 aromatic heterocycles. The number of nitro benzene ring substituents is 1. The van der Waals surface area contributed by atoms with Gasteiger partial charge in [0.1, 0.15) is 5.69 Å². The zero-order chi connectivity index (χ0) is 14.9. The minimum atomic E-state index is -3.95. The first-order valence-corrected chi connectivity index (χ1v) is 6.78. The Hall–Kier alpha value is -2.62. The van der Waals surface area contributed by atoms with Gasteiger partial charge in [0.15, 0.2) is 0 Å². The molecule has 0 amide bonds. The zero-order valence-corrected chi connectivity index (χ0v) is 11.0. The minimum absolute atomic E-state index is 0.0561. The second-order valence-electron chi connectivity index (χ2n) is 3.92. The van der Waals surface area contributed by atoms with Crippen LogP contribution in [-0.2, 0) is 10.0 Å². The van der Waals surface area contributed by atoms with Gasteiger partial charge in [-0.15, -0.1) is 0 Å². The summed E-state index contributed by atoms with van der Waals surface area (Å²) in [4.78, 5) is 9.70. The number of rotatable bonds is 4. The number of nitrogens with one attached hydrogen (secondary N) is 1. The minimum Gasteiger partial charge on any atom is -0.393 e. The Morgan fingerprint density at radius 2 is 2.10 bits per heavy atom. The van der Waals surface area contributed by atoms with Gasteiger partial charge in [0, 0.05) is 12.1 Å². The van der Waals surface area contributed by atoms with E-state index in [1.165, 1.54) is 6.07 Å². The van der Waals surface area contributed by atoms with Crippen molar-refractivity contribution in [3.63, 3.8) is 0 Å². The van der Waals surface area contributed by atoms with E-state index in [4.69, 9.17) is 10.3 Å². The Labute approximate surface area is 113 Å². The highest BCUT2D eigenvalue weighted by molar-refractivity contribution is 7.92. The van der Waals surface area contributed by atoms with Gasteiger partial charge >= 0.3 is 0 Å². The molecule has 1 heterocycles. The molecule has 0 bridgehead atoms. The number of hydrogen-bond donors (Lipinski definition) is 2. The third-order valence-electron chi connectivity index (χ3n) is 2.37. The average molecular weight is 298 g/mol. The van der Waals surface area contributed by atoms with Crippen molar-refractivity contribution in [1.82, 2.24) is 5.16 Å². The van der Waals surface area contributed by atoms with Gasteiger partial charge in [-0.1, -0.05) is 5.16 Å². The lowest BCUT2D eigenvalue weighted by atomic mass is 10.3. The van der Waals surface area contributed by atoms with Crippen LogP contribution < -0.4 is 10.5 Å². The number of sulfonamides is 1. The molecule has 2 rings (SSSR count). The molecule has 106 valence electrons. The van der Waals surface area contributed by atoms with Gasteiger partial charge in [-0.2, -0.15) is 0 Å². The summed E-state index contributed by atoms with van der Waals surface area (Å²) >= 11 is 0. The van der Waals surface area contributed by atoms with Crippen molar-refractivity contribution in [1.29, 1.82) is 0 Å². The molecule has 2 aromatic rings. The lowest BCUT2D eigenvalue weighted by Crippen LogP contribution is -2.13. The summed E-state index contributed by atoms with van der Waals surface area (Å²) in [5, 5.41) is 14.1. The molecule has 0 fully saturated rings. The predicted molar refractivity (Wildman–Crippen MR) is 69.6 cm³/mol. The van der Waals surface area contributed by atoms with E-state index >= 15 is 0 Å². The number of aromatic nitrogens is 1. The van der Waals surface area contributed by atoms with Crippen molar-refractivity contribution in [3.8, 4) is 0 Å². The standard InChI is InChI=1S/C10H10N4O5S/c1-6-4-10(19-12-6)13-20(17,18)7-2-3-9(14(15)16)8(11)5-7/h2-5,13H,11H2,1H3. The lowest BCUT2D eigenvalue weighted by Gasteiger charge is -2.05. The molecule has 20 heavy (non-hydrogen) atoms. The number of hydrogen-bond acceptors (Lipinski definition) is 7. The van der Waals surface area contributed by atoms with E-state index in [2.05, 4.69) is 9.88 Å². The van der Waals surface area contributed by atoms with Crippen LogP contribution in [0.2, 0.25) is 0 Å². The monoisotopic (exact) mass is 298 g/mol. The molecular weight excluding hydrogens is 288 g/mol. The molecule has 10 heteroatoms. The number of nitrogens with zero attached hydrogens (tertiary/aromatic N) is 2. The van der Waals surface area contributed by atoms with Crippen LogP contribution in [0.1, 0.15) is 5.69 Å². The molecule has 1 aromatic carbocycles. The van der Waals surface area contributed by atoms with Crippen LogP contribution in [0, 0.1) is 17.0 Å². The van der Waals surface area contributed by atoms with Gasteiger partial charge in [0.25, 0.3) is 15.7 Å². The number of aryl methyl sites for hydroxylation is 1. The van der Waals surface area contributed by atoms with Crippen LogP contribution in [0.4, 0.5) is 17.3 Å². The van der Waals surface area contributed by atoms with E-state index in [0.29, 0.717) is 5.69 Å². The molecule has 0 saturated carbocycles. The highest BCUT2D eigenvalue weighted by Gasteiger charge is 2.20. The molecule has 0 aliphatic rings. The summed E-state index contributed by atoms with van der Waals surface area (Å²) in [6.07, 6.45) is 0. The molecule has 0 radical (unpaired) electrons. The molecular formula is C10H10N4O5S. The molecule has 3 N–H and O–H groups in total. The van der Waals surface area contributed by atoms with Gasteiger partial charge in [0.05, 0.1) is 15.5 Å². The first-order valence-electron chi connectivity index (χ1n) is 5.29. The third-order valence-corrected chi connectivity index (χ3v) is 3.71. The zero-order valence-electron chi connectivity index (χ0n) is 10.2. The topological polar surface area (TPSA) is 141 Å². The number of benzene rings is 1. The molecule has 0 aliphatic carbocycles. The van der Waals surface area contributed by atoms with Crippen molar-refractivity contribution in [3.05, 3.63) is 40.1 Å². The third kappa shape index (κ3) is 2.69. The fourth-order valence-corrected chi connectivity index (χ4v) is 2.48. The van der Waals surface area contributed by atoms with Crippen LogP contribution in [0.3, 0.4) is 0 Å². The van der Waals surface area contributed by atoms with E-state index in [1.807, 2.05) is 0 Å². The number of anilines is 2. The van der Waals surface area contributed by atoms with E-state index in [9.17, 15) is 18.5 Å². The summed E-state index contributed by atoms with van der Waals surface area (Å²) in [5.74, 6) is -0.0561. The summed E-state index contributed by atoms with van der Waals surface area (Å²) < 4.78 is 30.9. The summed E-state index contributed by atoms with van der Waals surface area (Å²) in [6.45, 7) is 1.63. The second kappa shape index (κ2) is 4.81. The largest absolute Gasteiger partial charge is 0.393 e. The average Bonchev–Trinajstić information content (AvgIpc) is 2.73. The number of nitrogens with two attached hydrogens (primary N) is 1. The fraction of sp³-hybridized carbons (Fsp3) is 0.100. The van der Waals surface area contributed by atoms with Crippen LogP contribution in [0.15, 0.2) is 33.7 Å². The van der Waals surface area contributed by atoms with Crippen LogP contribution in [0.5, 0.6) is 0 Å². The van der Waals surface area contributed by atoms with Crippen molar-refractivity contribution < 1.29 is 17.9 Å². The van der Waals surface area contributed by atoms with E-state index in [0.717, 1.165) is 18.2 Å². The molecule has 0 aliphatic heterocycles. The van der Waals surface area contributed by atoms with Crippen molar-refractivity contribution >= 4 is 27.3 Å². The maximum absolute atomic E-state index is 12.0. The van der Waals surface area contributed by atoms with E-state index in [1.54, 1.807) is 6.92 Å². The van der Waals surface area contributed by atoms with Crippen molar-refractivity contribution in [2.75, 3.05) is 10.5 Å². The SMILES string of the molecule is Cc1cc(NS(=O)(=O)c2ccc([N+](=O)[O-])c(N)c2)on1. The number of nitrogen functional groups attached to an aromatic ring is 1. The summed E-state index contributed by atoms with van der Waals surface area (Å²) in [5.41, 5.74) is 5.35. The van der Waals surface area contributed by atoms with Crippen molar-refractivity contribution in [2.24, 2.45) is 0 Å². The van der Waals surface area contributed by atoms with Crippen molar-refractivity contribution in [2.45, 2.75) is 11.8 Å². The molecule has 0 saturated heterocycles.